The number of hydrogen-bond donors (Lipinski definition) is 0. The molecule has 0 aliphatic heterocycles. The summed E-state index contributed by atoms with van der Waals surface area (Å²) in [6.45, 7) is 4.06. The topological polar surface area (TPSA) is 57.7 Å². The third-order valence-electron chi connectivity index (χ3n) is 2.97. The van der Waals surface area contributed by atoms with Gasteiger partial charge < -0.3 is 4.90 Å². The standard InChI is InChI=1S/C14H17N5/c1-10(2)14-13(9-15)16-17-19(14)12-7-5-11(6-8-12)18(3)4/h5-8,10H,1-4H3. The normalized spacial score (nSPS) is 10.5. The fourth-order valence-electron chi connectivity index (χ4n) is 1.97. The number of benzene rings is 1. The van der Waals surface area contributed by atoms with Gasteiger partial charge in [0, 0.05) is 19.8 Å². The van der Waals surface area contributed by atoms with Crippen LogP contribution in [0.25, 0.3) is 5.69 Å². The van der Waals surface area contributed by atoms with Crippen LogP contribution < -0.4 is 4.90 Å². The number of rotatable bonds is 3. The molecule has 1 heterocycles. The number of nitriles is 1. The first kappa shape index (κ1) is 13.1. The Morgan fingerprint density at radius 3 is 2.32 bits per heavy atom. The van der Waals surface area contributed by atoms with Gasteiger partial charge in [0.15, 0.2) is 5.69 Å². The lowest BCUT2D eigenvalue weighted by molar-refractivity contribution is 0.715. The molecule has 19 heavy (non-hydrogen) atoms. The van der Waals surface area contributed by atoms with Crippen molar-refractivity contribution in [3.63, 3.8) is 0 Å². The van der Waals surface area contributed by atoms with Crippen LogP contribution in [0.3, 0.4) is 0 Å². The summed E-state index contributed by atoms with van der Waals surface area (Å²) in [6, 6.07) is 10.1. The summed E-state index contributed by atoms with van der Waals surface area (Å²) in [5.74, 6) is 0.193. The van der Waals surface area contributed by atoms with Crippen LogP contribution in [0.4, 0.5) is 5.69 Å². The number of aromatic nitrogens is 3. The molecule has 1 aromatic carbocycles. The van der Waals surface area contributed by atoms with E-state index in [9.17, 15) is 0 Å². The summed E-state index contributed by atoms with van der Waals surface area (Å²) in [6.07, 6.45) is 0. The van der Waals surface area contributed by atoms with E-state index in [1.807, 2.05) is 57.1 Å². The fourth-order valence-corrected chi connectivity index (χ4v) is 1.97. The highest BCUT2D eigenvalue weighted by molar-refractivity contribution is 5.50. The third kappa shape index (κ3) is 2.43. The smallest absolute Gasteiger partial charge is 0.186 e. The Balaban J connectivity index is 2.48. The molecule has 0 N–H and O–H groups in total. The minimum atomic E-state index is 0.193. The number of anilines is 1. The molecule has 0 aliphatic rings. The number of nitrogens with zero attached hydrogens (tertiary/aromatic N) is 5. The first-order valence-electron chi connectivity index (χ1n) is 6.18. The van der Waals surface area contributed by atoms with Crippen LogP contribution in [-0.4, -0.2) is 29.1 Å². The van der Waals surface area contributed by atoms with Gasteiger partial charge >= 0.3 is 0 Å². The molecule has 0 amide bonds. The Kier molecular flexibility index (Phi) is 3.52. The quantitative estimate of drug-likeness (QED) is 0.844. The molecule has 2 aromatic rings. The molecule has 0 aliphatic carbocycles. The lowest BCUT2D eigenvalue weighted by Crippen LogP contribution is -2.09. The van der Waals surface area contributed by atoms with Crippen LogP contribution >= 0.6 is 0 Å². The van der Waals surface area contributed by atoms with Crippen LogP contribution in [0.1, 0.15) is 31.2 Å². The van der Waals surface area contributed by atoms with Crippen LogP contribution in [0.2, 0.25) is 0 Å². The van der Waals surface area contributed by atoms with E-state index in [0.717, 1.165) is 17.1 Å². The summed E-state index contributed by atoms with van der Waals surface area (Å²) in [4.78, 5) is 2.04. The van der Waals surface area contributed by atoms with Crippen molar-refractivity contribution in [3.05, 3.63) is 35.7 Å². The van der Waals surface area contributed by atoms with Gasteiger partial charge in [-0.1, -0.05) is 19.1 Å². The van der Waals surface area contributed by atoms with Crippen molar-refractivity contribution >= 4 is 5.69 Å². The highest BCUT2D eigenvalue weighted by Crippen LogP contribution is 2.22. The molecule has 0 atom stereocenters. The van der Waals surface area contributed by atoms with Gasteiger partial charge in [0.2, 0.25) is 0 Å². The van der Waals surface area contributed by atoms with Gasteiger partial charge in [0.1, 0.15) is 6.07 Å². The van der Waals surface area contributed by atoms with E-state index in [2.05, 4.69) is 16.4 Å². The molecule has 0 bridgehead atoms. The van der Waals surface area contributed by atoms with Crippen molar-refractivity contribution in [2.75, 3.05) is 19.0 Å². The molecule has 0 unspecified atom stereocenters. The zero-order valence-electron chi connectivity index (χ0n) is 11.6. The van der Waals surface area contributed by atoms with E-state index in [4.69, 9.17) is 5.26 Å². The van der Waals surface area contributed by atoms with E-state index in [1.165, 1.54) is 0 Å². The molecule has 0 saturated heterocycles. The highest BCUT2D eigenvalue weighted by Gasteiger charge is 2.16. The van der Waals surface area contributed by atoms with Crippen LogP contribution in [-0.2, 0) is 0 Å². The monoisotopic (exact) mass is 255 g/mol. The predicted molar refractivity (Wildman–Crippen MR) is 74.5 cm³/mol. The van der Waals surface area contributed by atoms with E-state index < -0.39 is 0 Å². The molecule has 0 spiro atoms. The molecule has 1 aromatic heterocycles. The zero-order chi connectivity index (χ0) is 14.0. The lowest BCUT2D eigenvalue weighted by atomic mass is 10.1. The van der Waals surface area contributed by atoms with Gasteiger partial charge in [-0.25, -0.2) is 4.68 Å². The van der Waals surface area contributed by atoms with E-state index in [0.29, 0.717) is 5.69 Å². The second-order valence-corrected chi connectivity index (χ2v) is 4.91. The van der Waals surface area contributed by atoms with Crippen molar-refractivity contribution in [1.82, 2.24) is 15.0 Å². The van der Waals surface area contributed by atoms with E-state index >= 15 is 0 Å². The Morgan fingerprint density at radius 1 is 1.21 bits per heavy atom. The molecule has 98 valence electrons. The average molecular weight is 255 g/mol. The molecule has 2 rings (SSSR count). The van der Waals surface area contributed by atoms with Crippen molar-refractivity contribution in [3.8, 4) is 11.8 Å². The molecule has 5 nitrogen and oxygen atoms in total. The van der Waals surface area contributed by atoms with E-state index in [-0.39, 0.29) is 5.92 Å². The van der Waals surface area contributed by atoms with Gasteiger partial charge in [0.05, 0.1) is 11.4 Å². The van der Waals surface area contributed by atoms with Crippen LogP contribution in [0.5, 0.6) is 0 Å². The molecular formula is C14H17N5. The van der Waals surface area contributed by atoms with Crippen molar-refractivity contribution in [2.24, 2.45) is 0 Å². The van der Waals surface area contributed by atoms with Crippen LogP contribution in [0.15, 0.2) is 24.3 Å². The van der Waals surface area contributed by atoms with Gasteiger partial charge in [-0.05, 0) is 30.2 Å². The van der Waals surface area contributed by atoms with Gasteiger partial charge in [-0.15, -0.1) is 5.10 Å². The minimum Gasteiger partial charge on any atom is -0.378 e. The van der Waals surface area contributed by atoms with Gasteiger partial charge in [-0.2, -0.15) is 5.26 Å². The van der Waals surface area contributed by atoms with Crippen molar-refractivity contribution in [1.29, 1.82) is 5.26 Å². The molecular weight excluding hydrogens is 238 g/mol. The second kappa shape index (κ2) is 5.11. The van der Waals surface area contributed by atoms with Gasteiger partial charge in [0.25, 0.3) is 0 Å². The first-order valence-corrected chi connectivity index (χ1v) is 6.18. The molecule has 5 heteroatoms. The van der Waals surface area contributed by atoms with Crippen molar-refractivity contribution < 1.29 is 0 Å². The van der Waals surface area contributed by atoms with Gasteiger partial charge in [-0.3, -0.25) is 0 Å². The molecule has 0 fully saturated rings. The summed E-state index contributed by atoms with van der Waals surface area (Å²) in [5.41, 5.74) is 3.28. The Morgan fingerprint density at radius 2 is 1.84 bits per heavy atom. The Labute approximate surface area is 113 Å². The van der Waals surface area contributed by atoms with E-state index in [1.54, 1.807) is 4.68 Å². The zero-order valence-corrected chi connectivity index (χ0v) is 11.6. The number of hydrogen-bond acceptors (Lipinski definition) is 4. The molecule has 0 saturated carbocycles. The summed E-state index contributed by atoms with van der Waals surface area (Å²) in [5, 5.41) is 17.1. The second-order valence-electron chi connectivity index (χ2n) is 4.91. The minimum absolute atomic E-state index is 0.193. The SMILES string of the molecule is CC(C)c1c(C#N)nnn1-c1ccc(N(C)C)cc1. The first-order chi connectivity index (χ1) is 9.04. The lowest BCUT2D eigenvalue weighted by Gasteiger charge is -2.14. The van der Waals surface area contributed by atoms with Crippen LogP contribution in [0, 0.1) is 11.3 Å². The molecule has 0 radical (unpaired) electrons. The maximum Gasteiger partial charge on any atom is 0.186 e. The Hall–Kier alpha value is -2.35. The summed E-state index contributed by atoms with van der Waals surface area (Å²) in [7, 11) is 4.00. The summed E-state index contributed by atoms with van der Waals surface area (Å²) >= 11 is 0. The highest BCUT2D eigenvalue weighted by atomic mass is 15.4. The van der Waals surface area contributed by atoms with Crippen molar-refractivity contribution in [2.45, 2.75) is 19.8 Å². The third-order valence-corrected chi connectivity index (χ3v) is 2.97. The maximum atomic E-state index is 9.07. The largest absolute Gasteiger partial charge is 0.378 e. The average Bonchev–Trinajstić information content (AvgIpc) is 2.82. The summed E-state index contributed by atoms with van der Waals surface area (Å²) < 4.78 is 1.74. The Bertz CT molecular complexity index is 602. The maximum absolute atomic E-state index is 9.07. The predicted octanol–water partition coefficient (Wildman–Crippen LogP) is 2.33. The fraction of sp³-hybridized carbons (Fsp3) is 0.357.